The smallest absolute Gasteiger partial charge is 0.306 e. The lowest BCUT2D eigenvalue weighted by Crippen LogP contribution is -2.30. The minimum absolute atomic E-state index is 0.0650. The van der Waals surface area contributed by atoms with Gasteiger partial charge in [-0.15, -0.1) is 0 Å². The van der Waals surface area contributed by atoms with Crippen LogP contribution in [0.15, 0.2) is 12.2 Å². The van der Waals surface area contributed by atoms with E-state index in [-0.39, 0.29) is 31.1 Å². The molecule has 0 saturated heterocycles. The van der Waals surface area contributed by atoms with Crippen LogP contribution in [-0.4, -0.2) is 37.2 Å². The van der Waals surface area contributed by atoms with Gasteiger partial charge < -0.3 is 14.2 Å². The summed E-state index contributed by atoms with van der Waals surface area (Å²) in [5, 5.41) is 0. The molecule has 0 N–H and O–H groups in total. The van der Waals surface area contributed by atoms with Gasteiger partial charge in [-0.25, -0.2) is 0 Å². The summed E-state index contributed by atoms with van der Waals surface area (Å²) in [6, 6.07) is 0. The number of esters is 3. The Morgan fingerprint density at radius 3 is 0.667 bits per heavy atom. The number of hydrogen-bond acceptors (Lipinski definition) is 6. The maximum atomic E-state index is 12.9. The summed E-state index contributed by atoms with van der Waals surface area (Å²) < 4.78 is 17.0. The van der Waals surface area contributed by atoms with Gasteiger partial charge in [0, 0.05) is 19.3 Å². The van der Waals surface area contributed by atoms with Crippen molar-refractivity contribution in [1.29, 1.82) is 0 Å². The number of carbonyl (C=O) groups excluding carboxylic acids is 3. The van der Waals surface area contributed by atoms with Gasteiger partial charge in [0.05, 0.1) is 0 Å². The van der Waals surface area contributed by atoms with Gasteiger partial charge in [-0.2, -0.15) is 0 Å². The summed E-state index contributed by atoms with van der Waals surface area (Å²) in [6.07, 6.45) is 76.6. The standard InChI is InChI=1S/C69H132O6/c1-4-7-10-13-16-19-22-25-28-30-32-33-34-35-36-37-39-41-44-47-50-53-56-59-62-68(71)74-65-66(64-73-67(70)61-58-55-52-49-46-43-40-27-24-21-18-15-12-9-6-3)75-69(72)63-60-57-54-51-48-45-42-38-31-29-26-23-20-17-14-11-8-5-2/h29,31,66H,4-28,30,32-65H2,1-3H3/b31-29-. The van der Waals surface area contributed by atoms with Crippen molar-refractivity contribution in [2.24, 2.45) is 0 Å². The van der Waals surface area contributed by atoms with Gasteiger partial charge in [0.25, 0.3) is 0 Å². The molecule has 0 aliphatic heterocycles. The van der Waals surface area contributed by atoms with Gasteiger partial charge in [-0.05, 0) is 44.9 Å². The Kier molecular flexibility index (Phi) is 63.1. The lowest BCUT2D eigenvalue weighted by molar-refractivity contribution is -0.167. The number of rotatable bonds is 64. The largest absolute Gasteiger partial charge is 0.462 e. The molecule has 0 aromatic heterocycles. The molecule has 444 valence electrons. The molecule has 0 aromatic rings. The molecule has 0 spiro atoms. The van der Waals surface area contributed by atoms with Crippen LogP contribution < -0.4 is 0 Å². The Balaban J connectivity index is 4.24. The topological polar surface area (TPSA) is 78.9 Å². The minimum atomic E-state index is -0.768. The number of allylic oxidation sites excluding steroid dienone is 2. The zero-order valence-corrected chi connectivity index (χ0v) is 51.1. The molecular formula is C69H132O6. The fourth-order valence-electron chi connectivity index (χ4n) is 10.6. The maximum absolute atomic E-state index is 12.9. The van der Waals surface area contributed by atoms with E-state index in [2.05, 4.69) is 32.9 Å². The lowest BCUT2D eigenvalue weighted by atomic mass is 10.0. The van der Waals surface area contributed by atoms with E-state index >= 15 is 0 Å². The van der Waals surface area contributed by atoms with Crippen LogP contribution in [-0.2, 0) is 28.6 Å². The van der Waals surface area contributed by atoms with Crippen molar-refractivity contribution in [1.82, 2.24) is 0 Å². The zero-order valence-electron chi connectivity index (χ0n) is 51.1. The van der Waals surface area contributed by atoms with Crippen molar-refractivity contribution in [2.75, 3.05) is 13.2 Å². The maximum Gasteiger partial charge on any atom is 0.306 e. The Labute approximate surface area is 469 Å². The molecule has 1 atom stereocenters. The second kappa shape index (κ2) is 64.7. The quantitative estimate of drug-likeness (QED) is 0.0261. The van der Waals surface area contributed by atoms with Gasteiger partial charge in [0.1, 0.15) is 13.2 Å². The van der Waals surface area contributed by atoms with Gasteiger partial charge in [0.15, 0.2) is 6.10 Å². The first-order chi connectivity index (χ1) is 37.0. The molecule has 0 aromatic carbocycles. The Morgan fingerprint density at radius 1 is 0.253 bits per heavy atom. The third-order valence-electron chi connectivity index (χ3n) is 15.8. The van der Waals surface area contributed by atoms with Gasteiger partial charge in [0.2, 0.25) is 0 Å². The molecule has 6 heteroatoms. The van der Waals surface area contributed by atoms with E-state index in [0.29, 0.717) is 19.3 Å². The highest BCUT2D eigenvalue weighted by Gasteiger charge is 2.19. The first-order valence-electron chi connectivity index (χ1n) is 34.2. The van der Waals surface area contributed by atoms with E-state index in [1.165, 1.54) is 295 Å². The Hall–Kier alpha value is -1.85. The molecule has 0 aliphatic rings. The second-order valence-corrected chi connectivity index (χ2v) is 23.5. The lowest BCUT2D eigenvalue weighted by Gasteiger charge is -2.18. The molecule has 0 bridgehead atoms. The van der Waals surface area contributed by atoms with Crippen molar-refractivity contribution in [3.05, 3.63) is 12.2 Å². The van der Waals surface area contributed by atoms with E-state index < -0.39 is 6.10 Å². The Bertz CT molecular complexity index is 1170. The van der Waals surface area contributed by atoms with E-state index in [1.54, 1.807) is 0 Å². The van der Waals surface area contributed by atoms with E-state index in [9.17, 15) is 14.4 Å². The summed E-state index contributed by atoms with van der Waals surface area (Å²) in [5.74, 6) is -0.835. The van der Waals surface area contributed by atoms with Crippen LogP contribution >= 0.6 is 0 Å². The van der Waals surface area contributed by atoms with Crippen LogP contribution in [0.5, 0.6) is 0 Å². The SMILES string of the molecule is CCCCCCCCC/C=C\CCCCCCCCCC(=O)OC(COC(=O)CCCCCCCCCCCCCCCCC)COC(=O)CCCCCCCCCCCCCCCCCCCCCCCCCC. The Morgan fingerprint density at radius 2 is 0.440 bits per heavy atom. The zero-order chi connectivity index (χ0) is 54.3. The predicted molar refractivity (Wildman–Crippen MR) is 326 cm³/mol. The van der Waals surface area contributed by atoms with Gasteiger partial charge >= 0.3 is 17.9 Å². The number of hydrogen-bond donors (Lipinski definition) is 0. The number of unbranched alkanes of at least 4 members (excludes halogenated alkanes) is 51. The van der Waals surface area contributed by atoms with Crippen LogP contribution in [0.2, 0.25) is 0 Å². The first-order valence-corrected chi connectivity index (χ1v) is 34.2. The van der Waals surface area contributed by atoms with Crippen molar-refractivity contribution >= 4 is 17.9 Å². The fourth-order valence-corrected chi connectivity index (χ4v) is 10.6. The summed E-state index contributed by atoms with van der Waals surface area (Å²) in [5.41, 5.74) is 0. The van der Waals surface area contributed by atoms with Crippen LogP contribution in [0.25, 0.3) is 0 Å². The highest BCUT2D eigenvalue weighted by molar-refractivity contribution is 5.71. The average molecular weight is 1060 g/mol. The third kappa shape index (κ3) is 62.9. The minimum Gasteiger partial charge on any atom is -0.462 e. The van der Waals surface area contributed by atoms with Crippen LogP contribution in [0.1, 0.15) is 393 Å². The van der Waals surface area contributed by atoms with Crippen LogP contribution in [0, 0.1) is 0 Å². The fraction of sp³-hybridized carbons (Fsp3) is 0.928. The predicted octanol–water partition coefficient (Wildman–Crippen LogP) is 23.2. The highest BCUT2D eigenvalue weighted by Crippen LogP contribution is 2.19. The molecule has 0 amide bonds. The molecule has 6 nitrogen and oxygen atoms in total. The molecule has 0 radical (unpaired) electrons. The monoisotopic (exact) mass is 1060 g/mol. The third-order valence-corrected chi connectivity index (χ3v) is 15.8. The summed E-state index contributed by atoms with van der Waals surface area (Å²) in [6.45, 7) is 6.72. The molecule has 0 fully saturated rings. The van der Waals surface area contributed by atoms with Crippen molar-refractivity contribution < 1.29 is 28.6 Å². The highest BCUT2D eigenvalue weighted by atomic mass is 16.6. The average Bonchev–Trinajstić information content (AvgIpc) is 3.41. The molecule has 0 aliphatic carbocycles. The molecule has 0 heterocycles. The van der Waals surface area contributed by atoms with Crippen molar-refractivity contribution in [3.8, 4) is 0 Å². The van der Waals surface area contributed by atoms with E-state index in [1.807, 2.05) is 0 Å². The molecule has 0 rings (SSSR count). The van der Waals surface area contributed by atoms with Crippen molar-refractivity contribution in [3.63, 3.8) is 0 Å². The van der Waals surface area contributed by atoms with Gasteiger partial charge in [-0.1, -0.05) is 341 Å². The van der Waals surface area contributed by atoms with Crippen molar-refractivity contribution in [2.45, 2.75) is 399 Å². The summed E-state index contributed by atoms with van der Waals surface area (Å²) >= 11 is 0. The van der Waals surface area contributed by atoms with Crippen LogP contribution in [0.3, 0.4) is 0 Å². The molecule has 1 unspecified atom stereocenters. The van der Waals surface area contributed by atoms with E-state index in [4.69, 9.17) is 14.2 Å². The molecule has 0 saturated carbocycles. The summed E-state index contributed by atoms with van der Waals surface area (Å²) in [7, 11) is 0. The number of ether oxygens (including phenoxy) is 3. The second-order valence-electron chi connectivity index (χ2n) is 23.5. The summed E-state index contributed by atoms with van der Waals surface area (Å²) in [4.78, 5) is 38.4. The first kappa shape index (κ1) is 73.2. The normalized spacial score (nSPS) is 12.0. The molecular weight excluding hydrogens is 925 g/mol. The van der Waals surface area contributed by atoms with Gasteiger partial charge in [-0.3, -0.25) is 14.4 Å². The molecule has 75 heavy (non-hydrogen) atoms. The van der Waals surface area contributed by atoms with Crippen LogP contribution in [0.4, 0.5) is 0 Å². The number of carbonyl (C=O) groups is 3. The van der Waals surface area contributed by atoms with E-state index in [0.717, 1.165) is 57.8 Å².